The summed E-state index contributed by atoms with van der Waals surface area (Å²) < 4.78 is 4.92. The number of ether oxygens (including phenoxy) is 1. The third-order valence-corrected chi connectivity index (χ3v) is 3.85. The van der Waals surface area contributed by atoms with Crippen molar-refractivity contribution in [2.75, 3.05) is 31.7 Å². The van der Waals surface area contributed by atoms with Crippen molar-refractivity contribution in [3.63, 3.8) is 0 Å². The Hall–Kier alpha value is -1.73. The molecule has 7 heteroatoms. The van der Waals surface area contributed by atoms with Crippen LogP contribution in [0, 0.1) is 0 Å². The lowest BCUT2D eigenvalue weighted by Gasteiger charge is -2.34. The zero-order valence-corrected chi connectivity index (χ0v) is 13.3. The summed E-state index contributed by atoms with van der Waals surface area (Å²) in [4.78, 5) is 22.7. The Balaban J connectivity index is 1.95. The Kier molecular flexibility index (Phi) is 6.09. The van der Waals surface area contributed by atoms with Crippen LogP contribution in [0.15, 0.2) is 12.4 Å². The molecule has 3 N–H and O–H groups in total. The second-order valence-electron chi connectivity index (χ2n) is 5.58. The highest BCUT2D eigenvalue weighted by Crippen LogP contribution is 2.18. The molecule has 1 fully saturated rings. The van der Waals surface area contributed by atoms with Crippen molar-refractivity contribution in [3.8, 4) is 0 Å². The van der Waals surface area contributed by atoms with E-state index in [4.69, 9.17) is 10.5 Å². The van der Waals surface area contributed by atoms with Crippen LogP contribution in [-0.4, -0.2) is 54.8 Å². The largest absolute Gasteiger partial charge is 0.383 e. The maximum Gasteiger partial charge on any atom is 0.239 e. The Morgan fingerprint density at radius 2 is 2.41 bits per heavy atom. The lowest BCUT2D eigenvalue weighted by molar-refractivity contribution is -0.124. The van der Waals surface area contributed by atoms with E-state index in [1.807, 2.05) is 6.07 Å². The van der Waals surface area contributed by atoms with Crippen LogP contribution in [0.4, 0.5) is 5.82 Å². The van der Waals surface area contributed by atoms with E-state index < -0.39 is 6.04 Å². The average Bonchev–Trinajstić information content (AvgIpc) is 2.55. The van der Waals surface area contributed by atoms with E-state index in [1.165, 1.54) is 7.11 Å². The summed E-state index contributed by atoms with van der Waals surface area (Å²) in [5.41, 5.74) is 6.78. The number of anilines is 1. The number of nitrogens with zero attached hydrogens (tertiary/aromatic N) is 3. The highest BCUT2D eigenvalue weighted by atomic mass is 16.5. The van der Waals surface area contributed by atoms with Crippen LogP contribution in [0.2, 0.25) is 0 Å². The van der Waals surface area contributed by atoms with Gasteiger partial charge in [-0.1, -0.05) is 6.92 Å². The van der Waals surface area contributed by atoms with Crippen LogP contribution < -0.4 is 16.0 Å². The zero-order chi connectivity index (χ0) is 15.9. The predicted octanol–water partition coefficient (Wildman–Crippen LogP) is 0.0977. The first-order valence-corrected chi connectivity index (χ1v) is 7.74. The van der Waals surface area contributed by atoms with E-state index in [2.05, 4.69) is 27.1 Å². The van der Waals surface area contributed by atoms with Crippen LogP contribution >= 0.6 is 0 Å². The molecule has 2 heterocycles. The molecule has 0 radical (unpaired) electrons. The number of carbonyl (C=O) groups excluding carboxylic acids is 1. The summed E-state index contributed by atoms with van der Waals surface area (Å²) in [5, 5.41) is 3.00. The molecule has 0 aromatic carbocycles. The standard InChI is InChI=1S/C15H25N5O2/c1-3-11-7-14(18-10-17-11)20-6-4-5-12(8-20)19-15(21)13(16)9-22-2/h7,10,12-13H,3-6,8-9,16H2,1-2H3,(H,19,21). The van der Waals surface area contributed by atoms with Crippen molar-refractivity contribution in [1.82, 2.24) is 15.3 Å². The first-order valence-electron chi connectivity index (χ1n) is 7.74. The third kappa shape index (κ3) is 4.38. The highest BCUT2D eigenvalue weighted by molar-refractivity contribution is 5.82. The summed E-state index contributed by atoms with van der Waals surface area (Å²) in [7, 11) is 1.54. The SMILES string of the molecule is CCc1cc(N2CCCC(NC(=O)C(N)COC)C2)ncn1. The molecular formula is C15H25N5O2. The Labute approximate surface area is 131 Å². The second-order valence-corrected chi connectivity index (χ2v) is 5.58. The highest BCUT2D eigenvalue weighted by Gasteiger charge is 2.24. The summed E-state index contributed by atoms with van der Waals surface area (Å²) >= 11 is 0. The molecule has 1 saturated heterocycles. The summed E-state index contributed by atoms with van der Waals surface area (Å²) in [5.74, 6) is 0.762. The molecule has 7 nitrogen and oxygen atoms in total. The lowest BCUT2D eigenvalue weighted by atomic mass is 10.1. The number of hydrogen-bond donors (Lipinski definition) is 2. The van der Waals surface area contributed by atoms with Gasteiger partial charge >= 0.3 is 0 Å². The van der Waals surface area contributed by atoms with E-state index >= 15 is 0 Å². The van der Waals surface area contributed by atoms with Gasteiger partial charge in [-0.3, -0.25) is 4.79 Å². The monoisotopic (exact) mass is 307 g/mol. The van der Waals surface area contributed by atoms with Crippen LogP contribution in [0.3, 0.4) is 0 Å². The molecule has 1 aliphatic heterocycles. The van der Waals surface area contributed by atoms with Crippen LogP contribution in [0.1, 0.15) is 25.5 Å². The fourth-order valence-electron chi connectivity index (χ4n) is 2.62. The number of rotatable bonds is 6. The van der Waals surface area contributed by atoms with Gasteiger partial charge in [0, 0.05) is 38.0 Å². The first-order chi connectivity index (χ1) is 10.6. The van der Waals surface area contributed by atoms with Crippen LogP contribution in [0.25, 0.3) is 0 Å². The number of piperidine rings is 1. The maximum absolute atomic E-state index is 12.0. The summed E-state index contributed by atoms with van der Waals surface area (Å²) in [6, 6.07) is 1.48. The molecule has 1 aromatic rings. The molecule has 122 valence electrons. The number of aryl methyl sites for hydroxylation is 1. The normalized spacial score (nSPS) is 19.8. The Morgan fingerprint density at radius 3 is 3.14 bits per heavy atom. The van der Waals surface area contributed by atoms with Crippen molar-refractivity contribution in [1.29, 1.82) is 0 Å². The van der Waals surface area contributed by atoms with E-state index in [9.17, 15) is 4.79 Å². The van der Waals surface area contributed by atoms with E-state index in [1.54, 1.807) is 6.33 Å². The zero-order valence-electron chi connectivity index (χ0n) is 13.3. The molecule has 0 bridgehead atoms. The maximum atomic E-state index is 12.0. The third-order valence-electron chi connectivity index (χ3n) is 3.85. The van der Waals surface area contributed by atoms with E-state index in [0.717, 1.165) is 43.9 Å². The van der Waals surface area contributed by atoms with Crippen molar-refractivity contribution >= 4 is 11.7 Å². The van der Waals surface area contributed by atoms with Crippen molar-refractivity contribution in [3.05, 3.63) is 18.1 Å². The molecule has 2 rings (SSSR count). The van der Waals surface area contributed by atoms with E-state index in [-0.39, 0.29) is 18.6 Å². The average molecular weight is 307 g/mol. The smallest absolute Gasteiger partial charge is 0.239 e. The number of methoxy groups -OCH3 is 1. The number of carbonyl (C=O) groups is 1. The van der Waals surface area contributed by atoms with Gasteiger partial charge in [0.1, 0.15) is 18.2 Å². The summed E-state index contributed by atoms with van der Waals surface area (Å²) in [6.45, 7) is 3.98. The lowest BCUT2D eigenvalue weighted by Crippen LogP contribution is -2.53. The minimum Gasteiger partial charge on any atom is -0.383 e. The molecule has 0 aliphatic carbocycles. The Bertz CT molecular complexity index is 497. The second kappa shape index (κ2) is 8.05. The minimum absolute atomic E-state index is 0.0872. The molecule has 1 aromatic heterocycles. The molecule has 1 aliphatic rings. The Morgan fingerprint density at radius 1 is 1.59 bits per heavy atom. The minimum atomic E-state index is -0.619. The number of nitrogens with one attached hydrogen (secondary N) is 1. The molecule has 0 spiro atoms. The molecule has 2 atom stereocenters. The van der Waals surface area contributed by atoms with Gasteiger partial charge in [0.15, 0.2) is 0 Å². The van der Waals surface area contributed by atoms with Gasteiger partial charge in [0.25, 0.3) is 0 Å². The van der Waals surface area contributed by atoms with Gasteiger partial charge in [-0.05, 0) is 19.3 Å². The van der Waals surface area contributed by atoms with Crippen molar-refractivity contribution < 1.29 is 9.53 Å². The van der Waals surface area contributed by atoms with Crippen LogP contribution in [0.5, 0.6) is 0 Å². The molecule has 22 heavy (non-hydrogen) atoms. The first kappa shape index (κ1) is 16.6. The van der Waals surface area contributed by atoms with Gasteiger partial charge in [-0.25, -0.2) is 9.97 Å². The van der Waals surface area contributed by atoms with Gasteiger partial charge in [-0.15, -0.1) is 0 Å². The molecule has 2 unspecified atom stereocenters. The van der Waals surface area contributed by atoms with Crippen LogP contribution in [-0.2, 0) is 16.0 Å². The molecular weight excluding hydrogens is 282 g/mol. The number of amides is 1. The van der Waals surface area contributed by atoms with Gasteiger partial charge in [0.2, 0.25) is 5.91 Å². The fraction of sp³-hybridized carbons (Fsp3) is 0.667. The van der Waals surface area contributed by atoms with Gasteiger partial charge < -0.3 is 20.7 Å². The summed E-state index contributed by atoms with van der Waals surface area (Å²) in [6.07, 6.45) is 4.45. The number of nitrogens with two attached hydrogens (primary N) is 1. The van der Waals surface area contributed by atoms with Crippen molar-refractivity contribution in [2.45, 2.75) is 38.3 Å². The van der Waals surface area contributed by atoms with E-state index in [0.29, 0.717) is 0 Å². The van der Waals surface area contributed by atoms with Gasteiger partial charge in [-0.2, -0.15) is 0 Å². The molecule has 0 saturated carbocycles. The molecule has 1 amide bonds. The predicted molar refractivity (Wildman–Crippen MR) is 84.6 cm³/mol. The topological polar surface area (TPSA) is 93.4 Å². The van der Waals surface area contributed by atoms with Gasteiger partial charge in [0.05, 0.1) is 6.61 Å². The number of aromatic nitrogens is 2. The quantitative estimate of drug-likeness (QED) is 0.774. The fourth-order valence-corrected chi connectivity index (χ4v) is 2.62. The van der Waals surface area contributed by atoms with Crippen molar-refractivity contribution in [2.24, 2.45) is 5.73 Å². The number of hydrogen-bond acceptors (Lipinski definition) is 6.